The number of ketones is 1. The van der Waals surface area contributed by atoms with Crippen LogP contribution in [0.1, 0.15) is 36.8 Å². The molecule has 0 aliphatic heterocycles. The van der Waals surface area contributed by atoms with Crippen molar-refractivity contribution < 1.29 is 9.53 Å². The minimum absolute atomic E-state index is 0.0732. The smallest absolute Gasteiger partial charge is 0.208 e. The van der Waals surface area contributed by atoms with Gasteiger partial charge in [0.25, 0.3) is 0 Å². The second-order valence-corrected chi connectivity index (χ2v) is 3.18. The van der Waals surface area contributed by atoms with Crippen LogP contribution in [0.4, 0.5) is 0 Å². The fourth-order valence-electron chi connectivity index (χ4n) is 1.15. The Bertz CT molecular complexity index is 309. The minimum atomic E-state index is -0.0854. The summed E-state index contributed by atoms with van der Waals surface area (Å²) in [5.74, 6) is -0.0854. The topological polar surface area (TPSA) is 57.0 Å². The highest BCUT2D eigenvalue weighted by atomic mass is 16.5. The number of aromatic nitrogens is 3. The summed E-state index contributed by atoms with van der Waals surface area (Å²) in [4.78, 5) is 11.5. The van der Waals surface area contributed by atoms with E-state index >= 15 is 0 Å². The molecule has 0 saturated heterocycles. The SMILES string of the molecule is CCC(C)n1nncc1C(=O)COC. The molecule has 14 heavy (non-hydrogen) atoms. The van der Waals surface area contributed by atoms with Crippen LogP contribution >= 0.6 is 0 Å². The fourth-order valence-corrected chi connectivity index (χ4v) is 1.15. The molecule has 0 bridgehead atoms. The number of Topliss-reactive ketones (excluding diaryl/α,β-unsaturated/α-hetero) is 1. The molecule has 1 atom stereocenters. The lowest BCUT2D eigenvalue weighted by Gasteiger charge is -2.10. The van der Waals surface area contributed by atoms with E-state index in [9.17, 15) is 4.79 Å². The standard InChI is InChI=1S/C9H15N3O2/c1-4-7(2)12-8(5-10-11-12)9(13)6-14-3/h5,7H,4,6H2,1-3H3. The van der Waals surface area contributed by atoms with Crippen LogP contribution in [0.5, 0.6) is 0 Å². The molecule has 1 rings (SSSR count). The van der Waals surface area contributed by atoms with E-state index in [0.29, 0.717) is 5.69 Å². The summed E-state index contributed by atoms with van der Waals surface area (Å²) < 4.78 is 6.42. The Kier molecular flexibility index (Phi) is 3.76. The van der Waals surface area contributed by atoms with Crippen molar-refractivity contribution in [3.63, 3.8) is 0 Å². The lowest BCUT2D eigenvalue weighted by molar-refractivity contribution is 0.0834. The predicted molar refractivity (Wildman–Crippen MR) is 51.2 cm³/mol. The molecule has 78 valence electrons. The number of carbonyl (C=O) groups is 1. The van der Waals surface area contributed by atoms with Crippen molar-refractivity contribution in [2.75, 3.05) is 13.7 Å². The summed E-state index contributed by atoms with van der Waals surface area (Å²) in [7, 11) is 1.50. The third-order valence-corrected chi connectivity index (χ3v) is 2.14. The van der Waals surface area contributed by atoms with Gasteiger partial charge < -0.3 is 4.74 Å². The van der Waals surface area contributed by atoms with Crippen LogP contribution < -0.4 is 0 Å². The first kappa shape index (κ1) is 10.8. The minimum Gasteiger partial charge on any atom is -0.376 e. The number of methoxy groups -OCH3 is 1. The second kappa shape index (κ2) is 4.85. The molecule has 0 N–H and O–H groups in total. The first-order chi connectivity index (χ1) is 6.70. The molecule has 0 aromatic carbocycles. The van der Waals surface area contributed by atoms with Crippen LogP contribution in [0.15, 0.2) is 6.20 Å². The molecule has 0 amide bonds. The molecule has 0 aliphatic carbocycles. The van der Waals surface area contributed by atoms with Crippen molar-refractivity contribution in [1.29, 1.82) is 0 Å². The van der Waals surface area contributed by atoms with Crippen molar-refractivity contribution >= 4 is 5.78 Å². The van der Waals surface area contributed by atoms with E-state index in [1.807, 2.05) is 13.8 Å². The van der Waals surface area contributed by atoms with Crippen LogP contribution in [0.25, 0.3) is 0 Å². The highest BCUT2D eigenvalue weighted by molar-refractivity contribution is 5.95. The largest absolute Gasteiger partial charge is 0.376 e. The van der Waals surface area contributed by atoms with E-state index in [0.717, 1.165) is 6.42 Å². The van der Waals surface area contributed by atoms with E-state index in [1.165, 1.54) is 13.3 Å². The van der Waals surface area contributed by atoms with E-state index < -0.39 is 0 Å². The van der Waals surface area contributed by atoms with Crippen LogP contribution in [0.2, 0.25) is 0 Å². The Hall–Kier alpha value is -1.23. The predicted octanol–water partition coefficient (Wildman–Crippen LogP) is 1.08. The quantitative estimate of drug-likeness (QED) is 0.663. The molecule has 1 aromatic rings. The molecule has 0 radical (unpaired) electrons. The number of hydrogen-bond acceptors (Lipinski definition) is 4. The number of carbonyl (C=O) groups excluding carboxylic acids is 1. The molecule has 0 saturated carbocycles. The van der Waals surface area contributed by atoms with E-state index in [-0.39, 0.29) is 18.4 Å². The van der Waals surface area contributed by atoms with Crippen LogP contribution in [-0.4, -0.2) is 34.5 Å². The van der Waals surface area contributed by atoms with Crippen LogP contribution in [-0.2, 0) is 4.74 Å². The number of nitrogens with zero attached hydrogens (tertiary/aromatic N) is 3. The third-order valence-electron chi connectivity index (χ3n) is 2.14. The van der Waals surface area contributed by atoms with Crippen molar-refractivity contribution in [2.45, 2.75) is 26.3 Å². The van der Waals surface area contributed by atoms with Gasteiger partial charge in [-0.3, -0.25) is 4.79 Å². The normalized spacial score (nSPS) is 12.8. The maximum Gasteiger partial charge on any atom is 0.208 e. The van der Waals surface area contributed by atoms with Gasteiger partial charge in [-0.25, -0.2) is 4.68 Å². The molecule has 1 heterocycles. The van der Waals surface area contributed by atoms with Gasteiger partial charge in [0.05, 0.1) is 12.2 Å². The number of hydrogen-bond donors (Lipinski definition) is 0. The fraction of sp³-hybridized carbons (Fsp3) is 0.667. The zero-order chi connectivity index (χ0) is 10.6. The average molecular weight is 197 g/mol. The molecular weight excluding hydrogens is 182 g/mol. The Balaban J connectivity index is 2.86. The van der Waals surface area contributed by atoms with Gasteiger partial charge in [0.1, 0.15) is 12.3 Å². The van der Waals surface area contributed by atoms with E-state index in [2.05, 4.69) is 10.3 Å². The summed E-state index contributed by atoms with van der Waals surface area (Å²) in [6.45, 7) is 4.11. The Morgan fingerprint density at radius 3 is 3.00 bits per heavy atom. The zero-order valence-electron chi connectivity index (χ0n) is 8.73. The number of rotatable bonds is 5. The molecule has 1 unspecified atom stereocenters. The Labute approximate surface area is 83.1 Å². The lowest BCUT2D eigenvalue weighted by Crippen LogP contribution is -2.17. The van der Waals surface area contributed by atoms with Crippen LogP contribution in [0.3, 0.4) is 0 Å². The molecule has 5 heteroatoms. The van der Waals surface area contributed by atoms with Crippen LogP contribution in [0, 0.1) is 0 Å². The summed E-state index contributed by atoms with van der Waals surface area (Å²) in [6.07, 6.45) is 2.39. The van der Waals surface area contributed by atoms with Gasteiger partial charge >= 0.3 is 0 Å². The van der Waals surface area contributed by atoms with Gasteiger partial charge in [0, 0.05) is 7.11 Å². The highest BCUT2D eigenvalue weighted by Gasteiger charge is 2.15. The third kappa shape index (κ3) is 2.17. The monoisotopic (exact) mass is 197 g/mol. The molecule has 0 aliphatic rings. The van der Waals surface area contributed by atoms with Crippen molar-refractivity contribution in [3.05, 3.63) is 11.9 Å². The first-order valence-corrected chi connectivity index (χ1v) is 4.63. The van der Waals surface area contributed by atoms with Gasteiger partial charge in [-0.05, 0) is 13.3 Å². The molecule has 0 spiro atoms. The van der Waals surface area contributed by atoms with E-state index in [4.69, 9.17) is 4.74 Å². The Morgan fingerprint density at radius 1 is 1.71 bits per heavy atom. The molecular formula is C9H15N3O2. The lowest BCUT2D eigenvalue weighted by atomic mass is 10.2. The van der Waals surface area contributed by atoms with Gasteiger partial charge in [0.15, 0.2) is 0 Å². The number of ether oxygens (including phenoxy) is 1. The maximum absolute atomic E-state index is 11.5. The van der Waals surface area contributed by atoms with Gasteiger partial charge in [-0.1, -0.05) is 12.1 Å². The summed E-state index contributed by atoms with van der Waals surface area (Å²) in [5.41, 5.74) is 0.515. The Morgan fingerprint density at radius 2 is 2.43 bits per heavy atom. The maximum atomic E-state index is 11.5. The molecule has 5 nitrogen and oxygen atoms in total. The first-order valence-electron chi connectivity index (χ1n) is 4.63. The molecule has 1 aromatic heterocycles. The molecule has 0 fully saturated rings. The van der Waals surface area contributed by atoms with Gasteiger partial charge in [0.2, 0.25) is 5.78 Å². The van der Waals surface area contributed by atoms with Gasteiger partial charge in [-0.2, -0.15) is 0 Å². The summed E-state index contributed by atoms with van der Waals surface area (Å²) in [5, 5.41) is 7.61. The highest BCUT2D eigenvalue weighted by Crippen LogP contribution is 2.11. The average Bonchev–Trinajstić information content (AvgIpc) is 2.65. The summed E-state index contributed by atoms with van der Waals surface area (Å²) in [6, 6.07) is 0.188. The zero-order valence-corrected chi connectivity index (χ0v) is 8.73. The van der Waals surface area contributed by atoms with Crippen molar-refractivity contribution in [1.82, 2.24) is 15.0 Å². The van der Waals surface area contributed by atoms with Crippen molar-refractivity contribution in [2.24, 2.45) is 0 Å². The van der Waals surface area contributed by atoms with Crippen molar-refractivity contribution in [3.8, 4) is 0 Å². The van der Waals surface area contributed by atoms with E-state index in [1.54, 1.807) is 4.68 Å². The summed E-state index contributed by atoms with van der Waals surface area (Å²) >= 11 is 0. The van der Waals surface area contributed by atoms with Gasteiger partial charge in [-0.15, -0.1) is 5.10 Å². The second-order valence-electron chi connectivity index (χ2n) is 3.18.